The van der Waals surface area contributed by atoms with Crippen LogP contribution in [0, 0.1) is 0 Å². The summed E-state index contributed by atoms with van der Waals surface area (Å²) >= 11 is 6.21. The van der Waals surface area contributed by atoms with Crippen molar-refractivity contribution in [2.24, 2.45) is 0 Å². The molecule has 29 heavy (non-hydrogen) atoms. The van der Waals surface area contributed by atoms with Gasteiger partial charge in [0.1, 0.15) is 11.5 Å². The molecule has 0 amide bonds. The van der Waals surface area contributed by atoms with Crippen molar-refractivity contribution in [2.45, 2.75) is 6.42 Å². The molecule has 0 saturated heterocycles. The summed E-state index contributed by atoms with van der Waals surface area (Å²) in [6.07, 6.45) is 4.30. The lowest BCUT2D eigenvalue weighted by atomic mass is 10.0. The molecule has 0 atom stereocenters. The van der Waals surface area contributed by atoms with Crippen LogP contribution < -0.4 is 0 Å². The van der Waals surface area contributed by atoms with Crippen molar-refractivity contribution in [1.82, 2.24) is 24.8 Å². The van der Waals surface area contributed by atoms with Gasteiger partial charge >= 0.3 is 5.97 Å². The molecular formula is C21H20ClN5O2. The summed E-state index contributed by atoms with van der Waals surface area (Å²) < 4.78 is 0. The lowest BCUT2D eigenvalue weighted by Gasteiger charge is -2.07. The van der Waals surface area contributed by atoms with E-state index < -0.39 is 5.97 Å². The average Bonchev–Trinajstić information content (AvgIpc) is 3.32. The second kappa shape index (κ2) is 7.69. The second-order valence-corrected chi connectivity index (χ2v) is 7.53. The standard InChI is InChI=1S/C21H20ClN5O2/c1-27(2)8-5-17-25-18(12-9-13(21(28)29)11-14(22)10-12)19(26-17)15-3-6-23-20-16(15)4-7-24-20/h3-4,6-7,9-11H,5,8H2,1-2H3,(H,23,24)(H,25,26)(H,28,29). The molecule has 0 aliphatic carbocycles. The summed E-state index contributed by atoms with van der Waals surface area (Å²) in [5.74, 6) is -0.211. The fourth-order valence-electron chi connectivity index (χ4n) is 3.30. The van der Waals surface area contributed by atoms with Crippen molar-refractivity contribution in [3.8, 4) is 22.5 Å². The highest BCUT2D eigenvalue weighted by Crippen LogP contribution is 2.35. The molecule has 0 bridgehead atoms. The normalized spacial score (nSPS) is 11.4. The molecule has 148 valence electrons. The molecule has 0 fully saturated rings. The minimum atomic E-state index is -1.03. The van der Waals surface area contributed by atoms with E-state index in [2.05, 4.69) is 19.9 Å². The van der Waals surface area contributed by atoms with Gasteiger partial charge in [0.05, 0.1) is 17.0 Å². The maximum absolute atomic E-state index is 11.5. The first-order valence-corrected chi connectivity index (χ1v) is 9.50. The van der Waals surface area contributed by atoms with Crippen LogP contribution in [0.15, 0.2) is 42.7 Å². The third-order valence-corrected chi connectivity index (χ3v) is 4.91. The van der Waals surface area contributed by atoms with E-state index >= 15 is 0 Å². The number of H-pyrrole nitrogens is 2. The van der Waals surface area contributed by atoms with Gasteiger partial charge in [0.2, 0.25) is 0 Å². The minimum absolute atomic E-state index is 0.123. The molecule has 0 spiro atoms. The number of nitrogens with zero attached hydrogens (tertiary/aromatic N) is 3. The molecule has 8 heteroatoms. The molecule has 3 N–H and O–H groups in total. The van der Waals surface area contributed by atoms with E-state index in [1.807, 2.05) is 32.4 Å². The molecule has 7 nitrogen and oxygen atoms in total. The Hall–Kier alpha value is -3.16. The van der Waals surface area contributed by atoms with Crippen LogP contribution in [0.4, 0.5) is 0 Å². The van der Waals surface area contributed by atoms with E-state index in [4.69, 9.17) is 16.6 Å². The Morgan fingerprint density at radius 1 is 1.24 bits per heavy atom. The van der Waals surface area contributed by atoms with E-state index in [0.717, 1.165) is 41.1 Å². The number of rotatable bonds is 6. The smallest absolute Gasteiger partial charge is 0.335 e. The number of imidazole rings is 1. The van der Waals surface area contributed by atoms with Gasteiger partial charge in [-0.2, -0.15) is 0 Å². The lowest BCUT2D eigenvalue weighted by Crippen LogP contribution is -2.15. The monoisotopic (exact) mass is 409 g/mol. The topological polar surface area (TPSA) is 97.9 Å². The number of aromatic nitrogens is 4. The van der Waals surface area contributed by atoms with Crippen molar-refractivity contribution < 1.29 is 9.90 Å². The summed E-state index contributed by atoms with van der Waals surface area (Å²) in [5.41, 5.74) is 3.96. The number of carbonyl (C=O) groups is 1. The average molecular weight is 410 g/mol. The van der Waals surface area contributed by atoms with Crippen molar-refractivity contribution in [1.29, 1.82) is 0 Å². The number of halogens is 1. The Labute approximate surface area is 172 Å². The van der Waals surface area contributed by atoms with Crippen molar-refractivity contribution in [3.05, 3.63) is 59.1 Å². The predicted molar refractivity (Wildman–Crippen MR) is 113 cm³/mol. The van der Waals surface area contributed by atoms with Crippen LogP contribution in [-0.4, -0.2) is 56.6 Å². The quantitative estimate of drug-likeness (QED) is 0.446. The Balaban J connectivity index is 1.91. The Morgan fingerprint density at radius 3 is 2.83 bits per heavy atom. The van der Waals surface area contributed by atoms with E-state index in [0.29, 0.717) is 16.3 Å². The molecular weight excluding hydrogens is 390 g/mol. The number of carboxylic acids is 1. The zero-order valence-electron chi connectivity index (χ0n) is 16.0. The summed E-state index contributed by atoms with van der Waals surface area (Å²) in [4.78, 5) is 29.3. The van der Waals surface area contributed by atoms with Gasteiger partial charge in [-0.05, 0) is 44.4 Å². The summed E-state index contributed by atoms with van der Waals surface area (Å²) in [7, 11) is 4.01. The predicted octanol–water partition coefficient (Wildman–Crippen LogP) is 4.08. The van der Waals surface area contributed by atoms with Crippen molar-refractivity contribution in [2.75, 3.05) is 20.6 Å². The first-order valence-electron chi connectivity index (χ1n) is 9.12. The Bertz CT molecular complexity index is 1190. The fraction of sp³-hybridized carbons (Fsp3) is 0.190. The van der Waals surface area contributed by atoms with E-state index in [1.54, 1.807) is 18.3 Å². The minimum Gasteiger partial charge on any atom is -0.478 e. The van der Waals surface area contributed by atoms with Gasteiger partial charge in [0.15, 0.2) is 0 Å². The Morgan fingerprint density at radius 2 is 2.07 bits per heavy atom. The number of hydrogen-bond donors (Lipinski definition) is 3. The number of fused-ring (bicyclic) bond motifs is 1. The fourth-order valence-corrected chi connectivity index (χ4v) is 3.54. The largest absolute Gasteiger partial charge is 0.478 e. The van der Waals surface area contributed by atoms with Gasteiger partial charge in [0.25, 0.3) is 0 Å². The van der Waals surface area contributed by atoms with Gasteiger partial charge in [-0.15, -0.1) is 0 Å². The highest BCUT2D eigenvalue weighted by Gasteiger charge is 2.19. The highest BCUT2D eigenvalue weighted by atomic mass is 35.5. The van der Waals surface area contributed by atoms with Crippen molar-refractivity contribution >= 4 is 28.6 Å². The first-order chi connectivity index (χ1) is 13.9. The van der Waals surface area contributed by atoms with Crippen molar-refractivity contribution in [3.63, 3.8) is 0 Å². The number of aromatic carboxylic acids is 1. The third kappa shape index (κ3) is 3.87. The molecule has 0 saturated carbocycles. The van der Waals surface area contributed by atoms with Gasteiger partial charge in [-0.1, -0.05) is 11.6 Å². The van der Waals surface area contributed by atoms with E-state index in [1.165, 1.54) is 6.07 Å². The van der Waals surface area contributed by atoms with Gasteiger partial charge in [-0.25, -0.2) is 14.8 Å². The molecule has 0 aliphatic rings. The maximum Gasteiger partial charge on any atom is 0.335 e. The number of pyridine rings is 1. The number of benzene rings is 1. The molecule has 3 aromatic heterocycles. The zero-order chi connectivity index (χ0) is 20.5. The Kier molecular flexibility index (Phi) is 5.08. The maximum atomic E-state index is 11.5. The third-order valence-electron chi connectivity index (χ3n) is 4.70. The van der Waals surface area contributed by atoms with Crippen LogP contribution in [0.3, 0.4) is 0 Å². The number of nitrogens with one attached hydrogen (secondary N) is 2. The molecule has 0 aliphatic heterocycles. The summed E-state index contributed by atoms with van der Waals surface area (Å²) in [6.45, 7) is 0.832. The number of hydrogen-bond acceptors (Lipinski definition) is 4. The van der Waals surface area contributed by atoms with E-state index in [-0.39, 0.29) is 5.56 Å². The number of carboxylic acid groups (broad SMARTS) is 1. The molecule has 4 rings (SSSR count). The zero-order valence-corrected chi connectivity index (χ0v) is 16.8. The SMILES string of the molecule is CN(C)CCc1nc(-c2cc(Cl)cc(C(=O)O)c2)c(-c2ccnc3[nH]ccc23)[nH]1. The van der Waals surface area contributed by atoms with Gasteiger partial charge in [0, 0.05) is 46.9 Å². The van der Waals surface area contributed by atoms with Crippen LogP contribution in [0.1, 0.15) is 16.2 Å². The number of likely N-dealkylation sites (N-methyl/N-ethyl adjacent to an activating group) is 1. The molecule has 1 aromatic carbocycles. The van der Waals surface area contributed by atoms with Crippen LogP contribution in [0.2, 0.25) is 5.02 Å². The lowest BCUT2D eigenvalue weighted by molar-refractivity contribution is 0.0697. The van der Waals surface area contributed by atoms with Crippen LogP contribution in [-0.2, 0) is 6.42 Å². The highest BCUT2D eigenvalue weighted by molar-refractivity contribution is 6.31. The van der Waals surface area contributed by atoms with Gasteiger partial charge in [-0.3, -0.25) is 0 Å². The molecule has 4 aromatic rings. The second-order valence-electron chi connectivity index (χ2n) is 7.09. The first kappa shape index (κ1) is 19.2. The number of aromatic amines is 2. The van der Waals surface area contributed by atoms with Crippen LogP contribution in [0.25, 0.3) is 33.5 Å². The molecule has 3 heterocycles. The van der Waals surface area contributed by atoms with E-state index in [9.17, 15) is 9.90 Å². The van der Waals surface area contributed by atoms with Gasteiger partial charge < -0.3 is 20.0 Å². The molecule has 0 unspecified atom stereocenters. The summed E-state index contributed by atoms with van der Waals surface area (Å²) in [5, 5.41) is 10.7. The summed E-state index contributed by atoms with van der Waals surface area (Å²) in [6, 6.07) is 8.65. The van der Waals surface area contributed by atoms with Crippen LogP contribution in [0.5, 0.6) is 0 Å². The molecule has 0 radical (unpaired) electrons. The van der Waals surface area contributed by atoms with Crippen LogP contribution >= 0.6 is 11.6 Å².